The molecule has 14 heavy (non-hydrogen) atoms. The highest BCUT2D eigenvalue weighted by Crippen LogP contribution is 2.39. The fourth-order valence-electron chi connectivity index (χ4n) is 2.14. The zero-order chi connectivity index (χ0) is 10.0. The minimum absolute atomic E-state index is 0.442. The Kier molecular flexibility index (Phi) is 2.75. The van der Waals surface area contributed by atoms with Crippen LogP contribution in [-0.2, 0) is 5.60 Å². The molecule has 3 heteroatoms. The minimum Gasteiger partial charge on any atom is -0.385 e. The Labute approximate surface area is 88.9 Å². The van der Waals surface area contributed by atoms with Crippen LogP contribution >= 0.6 is 11.6 Å². The summed E-state index contributed by atoms with van der Waals surface area (Å²) in [6.45, 7) is 0. The van der Waals surface area contributed by atoms with Gasteiger partial charge in [0.2, 0.25) is 0 Å². The van der Waals surface area contributed by atoms with Crippen molar-refractivity contribution in [3.8, 4) is 0 Å². The van der Waals surface area contributed by atoms with E-state index in [-0.39, 0.29) is 0 Å². The lowest BCUT2D eigenvalue weighted by Gasteiger charge is -2.32. The third-order valence-corrected chi connectivity index (χ3v) is 3.24. The van der Waals surface area contributed by atoms with Crippen molar-refractivity contribution in [3.63, 3.8) is 0 Å². The molecule has 76 valence electrons. The first kappa shape index (κ1) is 9.94. The molecule has 1 heterocycles. The van der Waals surface area contributed by atoms with E-state index in [9.17, 15) is 5.11 Å². The van der Waals surface area contributed by atoms with Gasteiger partial charge in [0.15, 0.2) is 0 Å². The van der Waals surface area contributed by atoms with Crippen LogP contribution in [0.15, 0.2) is 18.3 Å². The van der Waals surface area contributed by atoms with Crippen LogP contribution in [-0.4, -0.2) is 10.1 Å². The number of nitrogens with zero attached hydrogens (tertiary/aromatic N) is 1. The standard InChI is InChI=1S/C11H14ClNO/c12-10-9(5-4-8-13-10)11(14)6-2-1-3-7-11/h4-5,8,14H,1-3,6-7H2. The van der Waals surface area contributed by atoms with Crippen molar-refractivity contribution in [1.82, 2.24) is 4.98 Å². The Bertz CT molecular complexity index is 321. The van der Waals surface area contributed by atoms with Gasteiger partial charge in [0.25, 0.3) is 0 Å². The molecular formula is C11H14ClNO. The van der Waals surface area contributed by atoms with Crippen molar-refractivity contribution >= 4 is 11.6 Å². The third-order valence-electron chi connectivity index (χ3n) is 2.94. The number of hydrogen-bond donors (Lipinski definition) is 1. The second-order valence-corrected chi connectivity index (χ2v) is 4.29. The molecule has 1 saturated carbocycles. The number of aliphatic hydroxyl groups is 1. The van der Waals surface area contributed by atoms with Crippen molar-refractivity contribution in [2.75, 3.05) is 0 Å². The summed E-state index contributed by atoms with van der Waals surface area (Å²) >= 11 is 5.98. The van der Waals surface area contributed by atoms with Crippen molar-refractivity contribution in [1.29, 1.82) is 0 Å². The molecule has 1 N–H and O–H groups in total. The maximum atomic E-state index is 10.4. The molecule has 1 aliphatic rings. The van der Waals surface area contributed by atoms with Gasteiger partial charge in [-0.2, -0.15) is 0 Å². The van der Waals surface area contributed by atoms with Gasteiger partial charge in [-0.1, -0.05) is 36.9 Å². The van der Waals surface area contributed by atoms with Gasteiger partial charge in [-0.05, 0) is 18.9 Å². The molecule has 0 atom stereocenters. The second kappa shape index (κ2) is 3.87. The molecular weight excluding hydrogens is 198 g/mol. The lowest BCUT2D eigenvalue weighted by molar-refractivity contribution is -0.000813. The predicted molar refractivity (Wildman–Crippen MR) is 56.2 cm³/mol. The number of aromatic nitrogens is 1. The normalized spacial score (nSPS) is 20.7. The average Bonchev–Trinajstić information content (AvgIpc) is 2.19. The van der Waals surface area contributed by atoms with Gasteiger partial charge in [-0.3, -0.25) is 0 Å². The van der Waals surface area contributed by atoms with E-state index >= 15 is 0 Å². The molecule has 0 amide bonds. The first-order valence-electron chi connectivity index (χ1n) is 5.06. The van der Waals surface area contributed by atoms with Crippen LogP contribution in [0.25, 0.3) is 0 Å². The maximum Gasteiger partial charge on any atom is 0.135 e. The van der Waals surface area contributed by atoms with E-state index in [2.05, 4.69) is 4.98 Å². The van der Waals surface area contributed by atoms with E-state index in [4.69, 9.17) is 11.6 Å². The topological polar surface area (TPSA) is 33.1 Å². The predicted octanol–water partition coefficient (Wildman–Crippen LogP) is 2.89. The minimum atomic E-state index is -0.733. The van der Waals surface area contributed by atoms with E-state index < -0.39 is 5.60 Å². The molecule has 1 aliphatic carbocycles. The lowest BCUT2D eigenvalue weighted by Crippen LogP contribution is -2.28. The first-order chi connectivity index (χ1) is 6.72. The Morgan fingerprint density at radius 2 is 2.00 bits per heavy atom. The molecule has 0 bridgehead atoms. The summed E-state index contributed by atoms with van der Waals surface area (Å²) in [4.78, 5) is 4.00. The Balaban J connectivity index is 2.32. The van der Waals surface area contributed by atoms with Gasteiger partial charge in [-0.15, -0.1) is 0 Å². The number of hydrogen-bond acceptors (Lipinski definition) is 2. The van der Waals surface area contributed by atoms with Gasteiger partial charge < -0.3 is 5.11 Å². The summed E-state index contributed by atoms with van der Waals surface area (Å²) in [5.41, 5.74) is 0.0604. The van der Waals surface area contributed by atoms with Gasteiger partial charge in [0, 0.05) is 11.8 Å². The van der Waals surface area contributed by atoms with Crippen LogP contribution in [0.3, 0.4) is 0 Å². The first-order valence-corrected chi connectivity index (χ1v) is 5.43. The van der Waals surface area contributed by atoms with Gasteiger partial charge in [0.1, 0.15) is 5.15 Å². The summed E-state index contributed by atoms with van der Waals surface area (Å²) < 4.78 is 0. The highest BCUT2D eigenvalue weighted by atomic mass is 35.5. The van der Waals surface area contributed by atoms with Gasteiger partial charge in [0.05, 0.1) is 5.60 Å². The van der Waals surface area contributed by atoms with Crippen LogP contribution in [0.1, 0.15) is 37.7 Å². The third kappa shape index (κ3) is 1.77. The lowest BCUT2D eigenvalue weighted by atomic mass is 9.80. The zero-order valence-corrected chi connectivity index (χ0v) is 8.80. The molecule has 2 rings (SSSR count). The Hall–Kier alpha value is -0.600. The molecule has 0 aliphatic heterocycles. The monoisotopic (exact) mass is 211 g/mol. The van der Waals surface area contributed by atoms with Crippen LogP contribution in [0.4, 0.5) is 0 Å². The van der Waals surface area contributed by atoms with E-state index in [0.717, 1.165) is 31.2 Å². The average molecular weight is 212 g/mol. The smallest absolute Gasteiger partial charge is 0.135 e. The quantitative estimate of drug-likeness (QED) is 0.725. The van der Waals surface area contributed by atoms with Crippen LogP contribution in [0.5, 0.6) is 0 Å². The van der Waals surface area contributed by atoms with Crippen LogP contribution < -0.4 is 0 Å². The summed E-state index contributed by atoms with van der Waals surface area (Å²) in [5.74, 6) is 0. The van der Waals surface area contributed by atoms with E-state index in [1.165, 1.54) is 6.42 Å². The van der Waals surface area contributed by atoms with E-state index in [1.807, 2.05) is 12.1 Å². The number of pyridine rings is 1. The van der Waals surface area contributed by atoms with Crippen LogP contribution in [0, 0.1) is 0 Å². The van der Waals surface area contributed by atoms with E-state index in [0.29, 0.717) is 5.15 Å². The summed E-state index contributed by atoms with van der Waals surface area (Å²) in [7, 11) is 0. The summed E-state index contributed by atoms with van der Waals surface area (Å²) in [5, 5.41) is 10.8. The van der Waals surface area contributed by atoms with Gasteiger partial charge >= 0.3 is 0 Å². The number of halogens is 1. The Morgan fingerprint density at radius 3 is 2.64 bits per heavy atom. The van der Waals surface area contributed by atoms with Crippen molar-refractivity contribution in [3.05, 3.63) is 29.0 Å². The molecule has 0 unspecified atom stereocenters. The highest BCUT2D eigenvalue weighted by molar-refractivity contribution is 6.30. The largest absolute Gasteiger partial charge is 0.385 e. The van der Waals surface area contributed by atoms with Crippen LogP contribution in [0.2, 0.25) is 5.15 Å². The molecule has 1 aromatic rings. The fraction of sp³-hybridized carbons (Fsp3) is 0.545. The molecule has 1 fully saturated rings. The molecule has 1 aromatic heterocycles. The number of rotatable bonds is 1. The highest BCUT2D eigenvalue weighted by Gasteiger charge is 2.33. The molecule has 0 radical (unpaired) electrons. The van der Waals surface area contributed by atoms with E-state index in [1.54, 1.807) is 6.20 Å². The zero-order valence-electron chi connectivity index (χ0n) is 8.04. The summed E-state index contributed by atoms with van der Waals surface area (Å²) in [6, 6.07) is 3.70. The molecule has 2 nitrogen and oxygen atoms in total. The Morgan fingerprint density at radius 1 is 1.29 bits per heavy atom. The molecule has 0 spiro atoms. The fourth-order valence-corrected chi connectivity index (χ4v) is 2.43. The maximum absolute atomic E-state index is 10.4. The van der Waals surface area contributed by atoms with Crippen molar-refractivity contribution in [2.24, 2.45) is 0 Å². The molecule has 0 saturated heterocycles. The molecule has 0 aromatic carbocycles. The SMILES string of the molecule is OC1(c2cccnc2Cl)CCCCC1. The van der Waals surface area contributed by atoms with Gasteiger partial charge in [-0.25, -0.2) is 4.98 Å². The van der Waals surface area contributed by atoms with Crippen molar-refractivity contribution < 1.29 is 5.11 Å². The second-order valence-electron chi connectivity index (χ2n) is 3.93. The summed E-state index contributed by atoms with van der Waals surface area (Å²) in [6.07, 6.45) is 6.61. The van der Waals surface area contributed by atoms with Crippen molar-refractivity contribution in [2.45, 2.75) is 37.7 Å².